The fourth-order valence-electron chi connectivity index (χ4n) is 2.23. The van der Waals surface area contributed by atoms with Crippen molar-refractivity contribution in [3.63, 3.8) is 0 Å². The highest BCUT2D eigenvalue weighted by Gasteiger charge is 2.10. The predicted octanol–water partition coefficient (Wildman–Crippen LogP) is 1.75. The van der Waals surface area contributed by atoms with Gasteiger partial charge in [-0.1, -0.05) is 12.8 Å². The molecule has 1 fully saturated rings. The Bertz CT molecular complexity index is 464. The van der Waals surface area contributed by atoms with Gasteiger partial charge in [0, 0.05) is 25.4 Å². The van der Waals surface area contributed by atoms with Crippen molar-refractivity contribution in [2.45, 2.75) is 32.2 Å². The number of hydrogen-bond donors (Lipinski definition) is 0. The molecule has 1 aliphatic heterocycles. The fourth-order valence-corrected chi connectivity index (χ4v) is 2.23. The third-order valence-corrected chi connectivity index (χ3v) is 3.18. The maximum atomic E-state index is 11.5. The SMILES string of the molecule is N#CCn1cc(N2CCCCCC2)ccc1=O. The zero-order valence-corrected chi connectivity index (χ0v) is 9.93. The molecule has 1 aliphatic rings. The molecule has 0 N–H and O–H groups in total. The molecule has 0 spiro atoms. The lowest BCUT2D eigenvalue weighted by Gasteiger charge is -2.22. The number of anilines is 1. The van der Waals surface area contributed by atoms with Gasteiger partial charge in [-0.2, -0.15) is 5.26 Å². The van der Waals surface area contributed by atoms with E-state index in [1.807, 2.05) is 12.1 Å². The first-order valence-corrected chi connectivity index (χ1v) is 6.13. The number of nitriles is 1. The lowest BCUT2D eigenvalue weighted by Crippen LogP contribution is -2.26. The normalized spacial score (nSPS) is 16.3. The summed E-state index contributed by atoms with van der Waals surface area (Å²) in [5.74, 6) is 0. The van der Waals surface area contributed by atoms with Gasteiger partial charge in [0.15, 0.2) is 0 Å². The van der Waals surface area contributed by atoms with Crippen molar-refractivity contribution in [1.29, 1.82) is 5.26 Å². The van der Waals surface area contributed by atoms with E-state index in [0.29, 0.717) is 0 Å². The van der Waals surface area contributed by atoms with Gasteiger partial charge in [0.1, 0.15) is 6.54 Å². The highest BCUT2D eigenvalue weighted by atomic mass is 16.1. The second kappa shape index (κ2) is 5.53. The molecule has 1 saturated heterocycles. The maximum Gasteiger partial charge on any atom is 0.251 e. The van der Waals surface area contributed by atoms with Crippen LogP contribution in [0.1, 0.15) is 25.7 Å². The van der Waals surface area contributed by atoms with E-state index in [4.69, 9.17) is 5.26 Å². The highest BCUT2D eigenvalue weighted by molar-refractivity contribution is 5.44. The minimum Gasteiger partial charge on any atom is -0.370 e. The van der Waals surface area contributed by atoms with Crippen molar-refractivity contribution >= 4 is 5.69 Å². The van der Waals surface area contributed by atoms with Crippen molar-refractivity contribution in [2.24, 2.45) is 0 Å². The summed E-state index contributed by atoms with van der Waals surface area (Å²) in [5.41, 5.74) is 0.951. The second-order valence-corrected chi connectivity index (χ2v) is 4.41. The monoisotopic (exact) mass is 231 g/mol. The number of hydrogen-bond acceptors (Lipinski definition) is 3. The van der Waals surface area contributed by atoms with Crippen LogP contribution in [-0.4, -0.2) is 17.7 Å². The van der Waals surface area contributed by atoms with Gasteiger partial charge in [-0.15, -0.1) is 0 Å². The summed E-state index contributed by atoms with van der Waals surface area (Å²) in [6.45, 7) is 2.22. The molecule has 0 radical (unpaired) electrons. The number of nitrogens with zero attached hydrogens (tertiary/aromatic N) is 3. The smallest absolute Gasteiger partial charge is 0.251 e. The largest absolute Gasteiger partial charge is 0.370 e. The van der Waals surface area contributed by atoms with Crippen molar-refractivity contribution in [3.8, 4) is 6.07 Å². The number of pyridine rings is 1. The van der Waals surface area contributed by atoms with Gasteiger partial charge in [-0.3, -0.25) is 9.36 Å². The Morgan fingerprint density at radius 3 is 2.53 bits per heavy atom. The van der Waals surface area contributed by atoms with E-state index in [9.17, 15) is 4.79 Å². The average Bonchev–Trinajstić information content (AvgIpc) is 2.61. The van der Waals surface area contributed by atoms with Gasteiger partial charge >= 0.3 is 0 Å². The molecule has 2 rings (SSSR count). The minimum absolute atomic E-state index is 0.106. The lowest BCUT2D eigenvalue weighted by atomic mass is 10.2. The summed E-state index contributed by atoms with van der Waals surface area (Å²) in [6, 6.07) is 5.43. The van der Waals surface area contributed by atoms with E-state index in [0.717, 1.165) is 18.8 Å². The van der Waals surface area contributed by atoms with Crippen LogP contribution in [0, 0.1) is 11.3 Å². The molecule has 0 unspecified atom stereocenters. The molecule has 1 aromatic rings. The summed E-state index contributed by atoms with van der Waals surface area (Å²) >= 11 is 0. The molecule has 0 saturated carbocycles. The predicted molar refractivity (Wildman–Crippen MR) is 67.0 cm³/mol. The summed E-state index contributed by atoms with van der Waals surface area (Å²) in [4.78, 5) is 13.8. The summed E-state index contributed by atoms with van der Waals surface area (Å²) in [6.07, 6.45) is 6.79. The Balaban J connectivity index is 2.22. The van der Waals surface area contributed by atoms with E-state index in [1.165, 1.54) is 30.3 Å². The lowest BCUT2D eigenvalue weighted by molar-refractivity contribution is 0.726. The van der Waals surface area contributed by atoms with Crippen LogP contribution >= 0.6 is 0 Å². The van der Waals surface area contributed by atoms with Crippen LogP contribution in [-0.2, 0) is 6.54 Å². The van der Waals surface area contributed by atoms with Crippen molar-refractivity contribution in [1.82, 2.24) is 4.57 Å². The molecule has 0 bridgehead atoms. The quantitative estimate of drug-likeness (QED) is 0.779. The van der Waals surface area contributed by atoms with Crippen LogP contribution in [0.15, 0.2) is 23.1 Å². The standard InChI is InChI=1S/C13H17N3O/c14-7-10-16-11-12(5-6-13(16)17)15-8-3-1-2-4-9-15/h5-6,11H,1-4,8-10H2. The molecule has 1 aromatic heterocycles. The first-order chi connectivity index (χ1) is 8.31. The highest BCUT2D eigenvalue weighted by Crippen LogP contribution is 2.17. The van der Waals surface area contributed by atoms with Crippen molar-refractivity contribution in [2.75, 3.05) is 18.0 Å². The van der Waals surface area contributed by atoms with Gasteiger partial charge in [-0.25, -0.2) is 0 Å². The number of rotatable bonds is 2. The molecule has 2 heterocycles. The van der Waals surface area contributed by atoms with E-state index < -0.39 is 0 Å². The van der Waals surface area contributed by atoms with Gasteiger partial charge in [-0.05, 0) is 18.9 Å². The molecule has 4 heteroatoms. The number of aromatic nitrogens is 1. The molecule has 90 valence electrons. The summed E-state index contributed by atoms with van der Waals surface area (Å²) in [7, 11) is 0. The molecule has 0 atom stereocenters. The Hall–Kier alpha value is -1.76. The second-order valence-electron chi connectivity index (χ2n) is 4.41. The van der Waals surface area contributed by atoms with E-state index >= 15 is 0 Å². The molecule has 17 heavy (non-hydrogen) atoms. The van der Waals surface area contributed by atoms with Crippen LogP contribution < -0.4 is 10.5 Å². The average molecular weight is 231 g/mol. The molecular formula is C13H17N3O. The van der Waals surface area contributed by atoms with Crippen molar-refractivity contribution in [3.05, 3.63) is 28.7 Å². The Labute approximate surface area is 101 Å². The van der Waals surface area contributed by atoms with Gasteiger partial charge in [0.25, 0.3) is 5.56 Å². The molecule has 0 aliphatic carbocycles. The first-order valence-electron chi connectivity index (χ1n) is 6.13. The van der Waals surface area contributed by atoms with Crippen LogP contribution in [0.4, 0.5) is 5.69 Å². The fraction of sp³-hybridized carbons (Fsp3) is 0.538. The van der Waals surface area contributed by atoms with Gasteiger partial charge < -0.3 is 4.90 Å². The Morgan fingerprint density at radius 1 is 1.18 bits per heavy atom. The first kappa shape index (κ1) is 11.7. The van der Waals surface area contributed by atoms with E-state index in [2.05, 4.69) is 4.90 Å². The van der Waals surface area contributed by atoms with Crippen LogP contribution in [0.5, 0.6) is 0 Å². The topological polar surface area (TPSA) is 49.0 Å². The van der Waals surface area contributed by atoms with Crippen molar-refractivity contribution < 1.29 is 0 Å². The molecule has 0 amide bonds. The Morgan fingerprint density at radius 2 is 1.88 bits per heavy atom. The zero-order valence-electron chi connectivity index (χ0n) is 9.93. The third-order valence-electron chi connectivity index (χ3n) is 3.18. The Kier molecular flexibility index (Phi) is 3.81. The maximum absolute atomic E-state index is 11.5. The van der Waals surface area contributed by atoms with E-state index in [-0.39, 0.29) is 12.1 Å². The molecular weight excluding hydrogens is 214 g/mol. The van der Waals surface area contributed by atoms with Gasteiger partial charge in [0.2, 0.25) is 0 Å². The van der Waals surface area contributed by atoms with Crippen LogP contribution in [0.2, 0.25) is 0 Å². The van der Waals surface area contributed by atoms with Crippen LogP contribution in [0.3, 0.4) is 0 Å². The molecule has 0 aromatic carbocycles. The molecule has 4 nitrogen and oxygen atoms in total. The van der Waals surface area contributed by atoms with Crippen LogP contribution in [0.25, 0.3) is 0 Å². The summed E-state index contributed by atoms with van der Waals surface area (Å²) < 4.78 is 1.47. The third kappa shape index (κ3) is 2.88. The van der Waals surface area contributed by atoms with E-state index in [1.54, 1.807) is 12.3 Å². The van der Waals surface area contributed by atoms with Gasteiger partial charge in [0.05, 0.1) is 11.8 Å². The summed E-state index contributed by atoms with van der Waals surface area (Å²) in [5, 5.41) is 8.67. The minimum atomic E-state index is -0.106. The zero-order chi connectivity index (χ0) is 12.1.